The summed E-state index contributed by atoms with van der Waals surface area (Å²) in [5.74, 6) is 0. The Morgan fingerprint density at radius 3 is 2.32 bits per heavy atom. The van der Waals surface area contributed by atoms with E-state index in [-0.39, 0.29) is 0 Å². The van der Waals surface area contributed by atoms with Crippen molar-refractivity contribution in [2.45, 2.75) is 6.92 Å². The van der Waals surface area contributed by atoms with Crippen molar-refractivity contribution in [3.63, 3.8) is 0 Å². The number of hydrazone groups is 1. The second-order valence-electron chi connectivity index (χ2n) is 4.22. The van der Waals surface area contributed by atoms with Crippen LogP contribution in [0.25, 0.3) is 0 Å². The van der Waals surface area contributed by atoms with Crippen LogP contribution in [0.3, 0.4) is 0 Å². The maximum Gasteiger partial charge on any atom is 0.103 e. The van der Waals surface area contributed by atoms with E-state index in [1.54, 1.807) is 6.21 Å². The molecule has 0 atom stereocenters. The molecule has 2 aromatic carbocycles. The Hall–Kier alpha value is -2.20. The predicted octanol–water partition coefficient (Wildman–Crippen LogP) is 3.08. The van der Waals surface area contributed by atoms with Crippen LogP contribution < -0.4 is 11.2 Å². The predicted molar refractivity (Wildman–Crippen MR) is 84.7 cm³/mol. The molecule has 0 fully saturated rings. The van der Waals surface area contributed by atoms with Gasteiger partial charge in [-0.2, -0.15) is 5.10 Å². The van der Waals surface area contributed by atoms with Crippen LogP contribution in [0.2, 0.25) is 0 Å². The average Bonchev–Trinajstić information content (AvgIpc) is 2.41. The smallest absolute Gasteiger partial charge is 0.103 e. The Bertz CT molecular complexity index is 586. The number of anilines is 1. The summed E-state index contributed by atoms with van der Waals surface area (Å²) in [7, 11) is 0. The number of benzene rings is 2. The Morgan fingerprint density at radius 1 is 1.11 bits per heavy atom. The third-order valence-corrected chi connectivity index (χ3v) is 2.89. The molecule has 0 radical (unpaired) electrons. The first kappa shape index (κ1) is 13.2. The molecule has 4 heteroatoms. The van der Waals surface area contributed by atoms with Crippen molar-refractivity contribution in [1.82, 2.24) is 0 Å². The van der Waals surface area contributed by atoms with E-state index in [9.17, 15) is 0 Å². The standard InChI is InChI=1S/C15H15N3S/c1-11-2-8-14(9-3-11)18-17-10-12-4-6-13(7-5-12)15(16)19/h2-10,18H,1H3,(H2,16,19). The lowest BCUT2D eigenvalue weighted by molar-refractivity contribution is 1.34. The minimum atomic E-state index is 0.404. The molecule has 0 unspecified atom stereocenters. The first-order chi connectivity index (χ1) is 9.15. The van der Waals surface area contributed by atoms with Gasteiger partial charge in [-0.1, -0.05) is 54.2 Å². The van der Waals surface area contributed by atoms with Gasteiger partial charge in [0.05, 0.1) is 11.9 Å². The van der Waals surface area contributed by atoms with Crippen LogP contribution in [-0.2, 0) is 0 Å². The van der Waals surface area contributed by atoms with Crippen molar-refractivity contribution >= 4 is 29.1 Å². The fourth-order valence-corrected chi connectivity index (χ4v) is 1.68. The lowest BCUT2D eigenvalue weighted by Gasteiger charge is -2.01. The molecule has 19 heavy (non-hydrogen) atoms. The number of nitrogens with zero attached hydrogens (tertiary/aromatic N) is 1. The molecule has 2 rings (SSSR count). The highest BCUT2D eigenvalue weighted by atomic mass is 32.1. The highest BCUT2D eigenvalue weighted by Gasteiger charge is 1.94. The molecule has 3 N–H and O–H groups in total. The van der Waals surface area contributed by atoms with Crippen molar-refractivity contribution < 1.29 is 0 Å². The zero-order chi connectivity index (χ0) is 13.7. The van der Waals surface area contributed by atoms with Crippen LogP contribution in [0.1, 0.15) is 16.7 Å². The van der Waals surface area contributed by atoms with Gasteiger partial charge in [0.1, 0.15) is 4.99 Å². The topological polar surface area (TPSA) is 50.4 Å². The van der Waals surface area contributed by atoms with E-state index in [1.165, 1.54) is 5.56 Å². The Kier molecular flexibility index (Phi) is 4.26. The quantitative estimate of drug-likeness (QED) is 0.509. The summed E-state index contributed by atoms with van der Waals surface area (Å²) < 4.78 is 0. The molecule has 0 aliphatic rings. The molecule has 96 valence electrons. The lowest BCUT2D eigenvalue weighted by atomic mass is 10.1. The minimum absolute atomic E-state index is 0.404. The van der Waals surface area contributed by atoms with Crippen LogP contribution >= 0.6 is 12.2 Å². The SMILES string of the molecule is Cc1ccc(NN=Cc2ccc(C(N)=S)cc2)cc1. The van der Waals surface area contributed by atoms with E-state index in [0.717, 1.165) is 16.8 Å². The van der Waals surface area contributed by atoms with Crippen molar-refractivity contribution in [3.8, 4) is 0 Å². The third kappa shape index (κ3) is 3.89. The summed E-state index contributed by atoms with van der Waals surface area (Å²) in [6, 6.07) is 15.7. The van der Waals surface area contributed by atoms with Gasteiger partial charge in [-0.05, 0) is 24.6 Å². The van der Waals surface area contributed by atoms with Gasteiger partial charge in [-0.3, -0.25) is 5.43 Å². The van der Waals surface area contributed by atoms with Gasteiger partial charge in [-0.25, -0.2) is 0 Å². The average molecular weight is 269 g/mol. The van der Waals surface area contributed by atoms with Crippen molar-refractivity contribution in [2.75, 3.05) is 5.43 Å². The fraction of sp³-hybridized carbons (Fsp3) is 0.0667. The molecule has 0 bridgehead atoms. The Balaban J connectivity index is 1.98. The van der Waals surface area contributed by atoms with Gasteiger partial charge in [-0.15, -0.1) is 0 Å². The van der Waals surface area contributed by atoms with Gasteiger partial charge in [0, 0.05) is 5.56 Å². The third-order valence-electron chi connectivity index (χ3n) is 2.65. The largest absolute Gasteiger partial charge is 0.389 e. The molecule has 0 saturated carbocycles. The van der Waals surface area contributed by atoms with E-state index in [4.69, 9.17) is 18.0 Å². The summed E-state index contributed by atoms with van der Waals surface area (Å²) >= 11 is 4.90. The molecule has 0 amide bonds. The minimum Gasteiger partial charge on any atom is -0.389 e. The van der Waals surface area contributed by atoms with E-state index in [0.29, 0.717) is 4.99 Å². The van der Waals surface area contributed by atoms with Crippen LogP contribution in [0.15, 0.2) is 53.6 Å². The summed E-state index contributed by atoms with van der Waals surface area (Å²) in [4.78, 5) is 0.404. The molecule has 0 aromatic heterocycles. The van der Waals surface area contributed by atoms with E-state index >= 15 is 0 Å². The molecular formula is C15H15N3S. The number of thiocarbonyl (C=S) groups is 1. The van der Waals surface area contributed by atoms with Crippen molar-refractivity contribution in [2.24, 2.45) is 10.8 Å². The zero-order valence-electron chi connectivity index (χ0n) is 10.6. The molecule has 2 aromatic rings. The van der Waals surface area contributed by atoms with Gasteiger partial charge in [0.25, 0.3) is 0 Å². The Morgan fingerprint density at radius 2 is 1.74 bits per heavy atom. The zero-order valence-corrected chi connectivity index (χ0v) is 11.4. The van der Waals surface area contributed by atoms with Crippen molar-refractivity contribution in [3.05, 3.63) is 65.2 Å². The molecule has 0 heterocycles. The molecule has 0 saturated heterocycles. The normalized spacial score (nSPS) is 10.6. The van der Waals surface area contributed by atoms with Gasteiger partial charge in [0.15, 0.2) is 0 Å². The lowest BCUT2D eigenvalue weighted by Crippen LogP contribution is -2.08. The van der Waals surface area contributed by atoms with Crippen LogP contribution in [-0.4, -0.2) is 11.2 Å². The van der Waals surface area contributed by atoms with E-state index in [1.807, 2.05) is 48.5 Å². The molecular weight excluding hydrogens is 254 g/mol. The summed E-state index contributed by atoms with van der Waals surface area (Å²) in [5.41, 5.74) is 12.5. The first-order valence-electron chi connectivity index (χ1n) is 5.91. The molecule has 0 aliphatic heterocycles. The van der Waals surface area contributed by atoms with Gasteiger partial charge < -0.3 is 5.73 Å². The highest BCUT2D eigenvalue weighted by Crippen LogP contribution is 2.08. The van der Waals surface area contributed by atoms with E-state index in [2.05, 4.69) is 17.5 Å². The van der Waals surface area contributed by atoms with Gasteiger partial charge in [0.2, 0.25) is 0 Å². The second kappa shape index (κ2) is 6.11. The molecule has 0 spiro atoms. The number of aryl methyl sites for hydroxylation is 1. The number of nitrogens with two attached hydrogens (primary N) is 1. The second-order valence-corrected chi connectivity index (χ2v) is 4.66. The van der Waals surface area contributed by atoms with Crippen LogP contribution in [0, 0.1) is 6.92 Å². The maximum absolute atomic E-state index is 5.54. The van der Waals surface area contributed by atoms with E-state index < -0.39 is 0 Å². The number of hydrogen-bond acceptors (Lipinski definition) is 3. The number of rotatable bonds is 4. The van der Waals surface area contributed by atoms with Crippen LogP contribution in [0.4, 0.5) is 5.69 Å². The fourth-order valence-electron chi connectivity index (χ4n) is 1.54. The van der Waals surface area contributed by atoms with Crippen LogP contribution in [0.5, 0.6) is 0 Å². The monoisotopic (exact) mass is 269 g/mol. The molecule has 0 aliphatic carbocycles. The maximum atomic E-state index is 5.54. The summed E-state index contributed by atoms with van der Waals surface area (Å²) in [6.45, 7) is 2.05. The first-order valence-corrected chi connectivity index (χ1v) is 6.31. The number of nitrogens with one attached hydrogen (secondary N) is 1. The van der Waals surface area contributed by atoms with Gasteiger partial charge >= 0.3 is 0 Å². The summed E-state index contributed by atoms with van der Waals surface area (Å²) in [5, 5.41) is 4.18. The molecule has 3 nitrogen and oxygen atoms in total. The van der Waals surface area contributed by atoms with Crippen molar-refractivity contribution in [1.29, 1.82) is 0 Å². The summed E-state index contributed by atoms with van der Waals surface area (Å²) in [6.07, 6.45) is 1.75. The highest BCUT2D eigenvalue weighted by molar-refractivity contribution is 7.80. The number of hydrogen-bond donors (Lipinski definition) is 2. The Labute approximate surface area is 118 Å².